The van der Waals surface area contributed by atoms with Crippen LogP contribution in [0.3, 0.4) is 0 Å². The number of benzene rings is 7. The summed E-state index contributed by atoms with van der Waals surface area (Å²) in [5.74, 6) is 1.75. The molecule has 0 atom stereocenters. The Morgan fingerprint density at radius 1 is 0.422 bits per heavy atom. The zero-order valence-electron chi connectivity index (χ0n) is 39.5. The third-order valence-corrected chi connectivity index (χ3v) is 13.5. The van der Waals surface area contributed by atoms with Crippen molar-refractivity contribution in [3.05, 3.63) is 215 Å². The highest BCUT2D eigenvalue weighted by atomic mass is 16.4. The van der Waals surface area contributed by atoms with Crippen LogP contribution in [0.5, 0.6) is 0 Å². The third kappa shape index (κ3) is 7.76. The summed E-state index contributed by atoms with van der Waals surface area (Å²) in [6.07, 6.45) is 0. The molecule has 0 unspecified atom stereocenters. The molecule has 0 radical (unpaired) electrons. The Bertz CT molecular complexity index is 2960. The van der Waals surface area contributed by atoms with Crippen molar-refractivity contribution in [2.45, 2.75) is 97.8 Å². The Labute approximate surface area is 382 Å². The summed E-state index contributed by atoms with van der Waals surface area (Å²) >= 11 is 0. The first-order valence-electron chi connectivity index (χ1n) is 22.8. The van der Waals surface area contributed by atoms with Gasteiger partial charge < -0.3 is 9.32 Å². The van der Waals surface area contributed by atoms with Gasteiger partial charge in [-0.1, -0.05) is 184 Å². The van der Waals surface area contributed by atoms with Crippen LogP contribution in [0.2, 0.25) is 0 Å². The molecule has 1 heterocycles. The van der Waals surface area contributed by atoms with Crippen LogP contribution < -0.4 is 9.80 Å². The van der Waals surface area contributed by atoms with Gasteiger partial charge in [-0.05, 0) is 111 Å². The van der Waals surface area contributed by atoms with Crippen molar-refractivity contribution >= 4 is 34.3 Å². The lowest BCUT2D eigenvalue weighted by Gasteiger charge is -2.33. The van der Waals surface area contributed by atoms with Gasteiger partial charge in [0.2, 0.25) is 5.88 Å². The van der Waals surface area contributed by atoms with Gasteiger partial charge in [0.15, 0.2) is 0 Å². The molecule has 3 nitrogen and oxygen atoms in total. The molecule has 1 aromatic heterocycles. The van der Waals surface area contributed by atoms with Crippen molar-refractivity contribution in [3.8, 4) is 22.5 Å². The smallest absolute Gasteiger partial charge is 0.205 e. The van der Waals surface area contributed by atoms with Crippen molar-refractivity contribution in [1.82, 2.24) is 0 Å². The Hall–Kier alpha value is -6.58. The van der Waals surface area contributed by atoms with E-state index in [1.807, 2.05) is 0 Å². The van der Waals surface area contributed by atoms with Gasteiger partial charge in [0.1, 0.15) is 5.76 Å². The Balaban J connectivity index is 1.29. The lowest BCUT2D eigenvalue weighted by atomic mass is 9.78. The Morgan fingerprint density at radius 3 is 1.69 bits per heavy atom. The van der Waals surface area contributed by atoms with E-state index >= 15 is 0 Å². The number of hydrogen-bond donors (Lipinski definition) is 0. The van der Waals surface area contributed by atoms with E-state index in [1.54, 1.807) is 0 Å². The summed E-state index contributed by atoms with van der Waals surface area (Å²) in [4.78, 5) is 4.78. The summed E-state index contributed by atoms with van der Waals surface area (Å²) < 4.78 is 7.10. The van der Waals surface area contributed by atoms with Crippen molar-refractivity contribution < 1.29 is 4.42 Å². The zero-order chi connectivity index (χ0) is 45.2. The highest BCUT2D eigenvalue weighted by molar-refractivity contribution is 5.91. The third-order valence-electron chi connectivity index (χ3n) is 13.5. The van der Waals surface area contributed by atoms with Crippen LogP contribution in [0.15, 0.2) is 180 Å². The van der Waals surface area contributed by atoms with E-state index in [9.17, 15) is 0 Å². The summed E-state index contributed by atoms with van der Waals surface area (Å²) in [6, 6.07) is 64.9. The molecular formula is C61H62N2O. The average Bonchev–Trinajstić information content (AvgIpc) is 3.80. The number of furan rings is 1. The summed E-state index contributed by atoms with van der Waals surface area (Å²) in [5, 5.41) is 0. The highest BCUT2D eigenvalue weighted by Crippen LogP contribution is 2.53. The first-order chi connectivity index (χ1) is 30.4. The normalized spacial score (nSPS) is 13.4. The standard InChI is InChI=1S/C61H62N2O/c1-41-35-49(39-50(36-41)63(47-32-29-43(30-33-47)58(2,3)4)56-40-54-57(64-56)51-27-18-19-28-53(51)61(54,10)11)62(48-26-20-25-46(37-48)60(8,9)44-23-16-13-17-24-44)55-34-31-45(59(5,6)7)38-52(55)42-21-14-12-15-22-42/h12-40H,1-11H3. The largest absolute Gasteiger partial charge is 0.439 e. The second-order valence-corrected chi connectivity index (χ2v) is 20.9. The minimum Gasteiger partial charge on any atom is -0.439 e. The van der Waals surface area contributed by atoms with Crippen LogP contribution in [-0.4, -0.2) is 0 Å². The van der Waals surface area contributed by atoms with Crippen LogP contribution in [0.4, 0.5) is 34.3 Å². The van der Waals surface area contributed by atoms with Gasteiger partial charge in [0.05, 0.1) is 11.4 Å². The van der Waals surface area contributed by atoms with Gasteiger partial charge in [0, 0.05) is 50.6 Å². The lowest BCUT2D eigenvalue weighted by Crippen LogP contribution is -2.20. The second kappa shape index (κ2) is 15.9. The molecule has 0 fully saturated rings. The van der Waals surface area contributed by atoms with Crippen LogP contribution in [0, 0.1) is 6.92 Å². The van der Waals surface area contributed by atoms with Gasteiger partial charge in [-0.2, -0.15) is 0 Å². The molecule has 0 amide bonds. The molecule has 1 aliphatic rings. The summed E-state index contributed by atoms with van der Waals surface area (Å²) in [6.45, 7) is 25.2. The molecule has 322 valence electrons. The van der Waals surface area contributed by atoms with Gasteiger partial charge in [-0.25, -0.2) is 0 Å². The number of nitrogens with zero attached hydrogens (tertiary/aromatic N) is 2. The van der Waals surface area contributed by atoms with E-state index in [2.05, 4.69) is 262 Å². The van der Waals surface area contributed by atoms with Crippen LogP contribution in [0.1, 0.15) is 108 Å². The fourth-order valence-corrected chi connectivity index (χ4v) is 9.57. The number of hydrogen-bond acceptors (Lipinski definition) is 3. The molecule has 8 aromatic rings. The SMILES string of the molecule is Cc1cc(N(c2ccc(C(C)(C)C)cc2)c2cc3c(o2)-c2ccccc2C3(C)C)cc(N(c2cccc(C(C)(C)c3ccccc3)c2)c2ccc(C(C)(C)C)cc2-c2ccccc2)c1. The maximum absolute atomic E-state index is 7.10. The van der Waals surface area contributed by atoms with E-state index in [4.69, 9.17) is 4.42 Å². The predicted molar refractivity (Wildman–Crippen MR) is 272 cm³/mol. The number of aryl methyl sites for hydroxylation is 1. The van der Waals surface area contributed by atoms with Crippen molar-refractivity contribution in [1.29, 1.82) is 0 Å². The quantitative estimate of drug-likeness (QED) is 0.144. The number of rotatable bonds is 9. The topological polar surface area (TPSA) is 19.6 Å². The van der Waals surface area contributed by atoms with Crippen LogP contribution >= 0.6 is 0 Å². The maximum Gasteiger partial charge on any atom is 0.205 e. The van der Waals surface area contributed by atoms with E-state index < -0.39 is 0 Å². The molecule has 0 saturated carbocycles. The second-order valence-electron chi connectivity index (χ2n) is 20.9. The van der Waals surface area contributed by atoms with Gasteiger partial charge in [0.25, 0.3) is 0 Å². The minimum absolute atomic E-state index is 0.0164. The first-order valence-corrected chi connectivity index (χ1v) is 22.8. The molecule has 0 spiro atoms. The van der Waals surface area contributed by atoms with E-state index in [1.165, 1.54) is 50.1 Å². The van der Waals surface area contributed by atoms with Crippen molar-refractivity contribution in [3.63, 3.8) is 0 Å². The molecule has 0 aliphatic heterocycles. The van der Waals surface area contributed by atoms with Crippen LogP contribution in [0.25, 0.3) is 22.5 Å². The molecule has 7 aromatic carbocycles. The number of anilines is 6. The fourth-order valence-electron chi connectivity index (χ4n) is 9.57. The van der Waals surface area contributed by atoms with Crippen molar-refractivity contribution in [2.24, 2.45) is 0 Å². The minimum atomic E-state index is -0.235. The van der Waals surface area contributed by atoms with Gasteiger partial charge in [-0.3, -0.25) is 4.90 Å². The predicted octanol–water partition coefficient (Wildman–Crippen LogP) is 17.4. The van der Waals surface area contributed by atoms with Gasteiger partial charge in [-0.15, -0.1) is 0 Å². The van der Waals surface area contributed by atoms with Crippen LogP contribution in [-0.2, 0) is 21.7 Å². The monoisotopic (exact) mass is 838 g/mol. The highest BCUT2D eigenvalue weighted by Gasteiger charge is 2.40. The molecule has 0 N–H and O–H groups in total. The molecule has 0 saturated heterocycles. The van der Waals surface area contributed by atoms with Gasteiger partial charge >= 0.3 is 0 Å². The average molecular weight is 839 g/mol. The molecule has 9 rings (SSSR count). The summed E-state index contributed by atoms with van der Waals surface area (Å²) in [5.41, 5.74) is 17.2. The molecular weight excluding hydrogens is 777 g/mol. The first kappa shape index (κ1) is 42.7. The van der Waals surface area contributed by atoms with E-state index in [0.717, 1.165) is 45.6 Å². The Kier molecular flexibility index (Phi) is 10.6. The number of fused-ring (bicyclic) bond motifs is 3. The fraction of sp³-hybridized carbons (Fsp3) is 0.246. The maximum atomic E-state index is 7.10. The van der Waals surface area contributed by atoms with E-state index in [0.29, 0.717) is 0 Å². The molecule has 64 heavy (non-hydrogen) atoms. The molecule has 3 heteroatoms. The van der Waals surface area contributed by atoms with Crippen molar-refractivity contribution in [2.75, 3.05) is 9.80 Å². The lowest BCUT2D eigenvalue weighted by molar-refractivity contribution is 0.584. The van der Waals surface area contributed by atoms with E-state index in [-0.39, 0.29) is 21.7 Å². The summed E-state index contributed by atoms with van der Waals surface area (Å²) in [7, 11) is 0. The molecule has 1 aliphatic carbocycles. The Morgan fingerprint density at radius 2 is 1.02 bits per heavy atom. The molecule has 0 bridgehead atoms. The zero-order valence-corrected chi connectivity index (χ0v) is 39.5.